The summed E-state index contributed by atoms with van der Waals surface area (Å²) in [4.78, 5) is 10.8. The van der Waals surface area contributed by atoms with Gasteiger partial charge in [0.2, 0.25) is 0 Å². The van der Waals surface area contributed by atoms with E-state index in [1.165, 1.54) is 0 Å². The zero-order chi connectivity index (χ0) is 12.9. The van der Waals surface area contributed by atoms with E-state index in [2.05, 4.69) is 6.07 Å². The number of carbonyl (C=O) groups is 1. The van der Waals surface area contributed by atoms with E-state index in [1.54, 1.807) is 0 Å². The van der Waals surface area contributed by atoms with Gasteiger partial charge in [0.05, 0.1) is 11.5 Å². The van der Waals surface area contributed by atoms with Gasteiger partial charge in [0.1, 0.15) is 0 Å². The van der Waals surface area contributed by atoms with Crippen molar-refractivity contribution in [3.8, 4) is 6.07 Å². The normalized spacial score (nSPS) is 15.6. The largest absolute Gasteiger partial charge is 0.481 e. The molecule has 0 aromatic heterocycles. The van der Waals surface area contributed by atoms with Crippen LogP contribution in [0.1, 0.15) is 32.3 Å². The minimum absolute atomic E-state index is 0.0102. The monoisotopic (exact) mass is 231 g/mol. The number of nitrogens with zero attached hydrogens (tertiary/aromatic N) is 1. The van der Waals surface area contributed by atoms with Gasteiger partial charge in [-0.25, -0.2) is 0 Å². The molecule has 1 aromatic carbocycles. The molecule has 1 rings (SSSR count). The lowest BCUT2D eigenvalue weighted by Gasteiger charge is -2.31. The summed E-state index contributed by atoms with van der Waals surface area (Å²) in [6.07, 6.45) is 0.623. The van der Waals surface area contributed by atoms with Gasteiger partial charge in [-0.05, 0) is 17.9 Å². The Morgan fingerprint density at radius 3 is 2.47 bits per heavy atom. The lowest BCUT2D eigenvalue weighted by atomic mass is 9.69. The molecular weight excluding hydrogens is 214 g/mol. The van der Waals surface area contributed by atoms with Crippen LogP contribution < -0.4 is 0 Å². The molecule has 2 atom stereocenters. The first kappa shape index (κ1) is 13.2. The second-order valence-electron chi connectivity index (χ2n) is 4.30. The van der Waals surface area contributed by atoms with Crippen molar-refractivity contribution in [1.82, 2.24) is 0 Å². The molecule has 90 valence electrons. The molecule has 0 aliphatic rings. The Labute approximate surface area is 102 Å². The maximum Gasteiger partial charge on any atom is 0.303 e. The van der Waals surface area contributed by atoms with Gasteiger partial charge in [-0.1, -0.05) is 44.2 Å². The van der Waals surface area contributed by atoms with E-state index in [0.717, 1.165) is 5.56 Å². The maximum absolute atomic E-state index is 10.8. The van der Waals surface area contributed by atoms with E-state index in [0.29, 0.717) is 6.42 Å². The topological polar surface area (TPSA) is 61.1 Å². The summed E-state index contributed by atoms with van der Waals surface area (Å²) in [5, 5.41) is 18.3. The van der Waals surface area contributed by atoms with Crippen molar-refractivity contribution in [3.63, 3.8) is 0 Å². The van der Waals surface area contributed by atoms with Crippen LogP contribution in [0.2, 0.25) is 0 Å². The second kappa shape index (κ2) is 5.49. The summed E-state index contributed by atoms with van der Waals surface area (Å²) in [7, 11) is 0. The molecule has 1 aromatic rings. The van der Waals surface area contributed by atoms with Crippen molar-refractivity contribution in [2.75, 3.05) is 0 Å². The molecule has 0 heterocycles. The third-order valence-corrected chi connectivity index (χ3v) is 3.37. The molecular formula is C14H17NO2. The number of aliphatic carboxylic acids is 1. The zero-order valence-corrected chi connectivity index (χ0v) is 10.2. The quantitative estimate of drug-likeness (QED) is 0.847. The number of hydrogen-bond donors (Lipinski definition) is 1. The van der Waals surface area contributed by atoms with E-state index in [-0.39, 0.29) is 12.3 Å². The number of rotatable bonds is 5. The molecule has 0 fully saturated rings. The predicted molar refractivity (Wildman–Crippen MR) is 65.4 cm³/mol. The molecule has 3 heteroatoms. The van der Waals surface area contributed by atoms with Crippen LogP contribution >= 0.6 is 0 Å². The highest BCUT2D eigenvalue weighted by Gasteiger charge is 2.37. The maximum atomic E-state index is 10.8. The molecule has 17 heavy (non-hydrogen) atoms. The molecule has 1 N–H and O–H groups in total. The minimum Gasteiger partial charge on any atom is -0.481 e. The molecule has 0 radical (unpaired) electrons. The molecule has 0 aliphatic heterocycles. The standard InChI is InChI=1S/C14H17NO2/c1-3-14(10-15,11(2)9-13(16)17)12-7-5-4-6-8-12/h4-8,11H,3,9H2,1-2H3,(H,16,17). The lowest BCUT2D eigenvalue weighted by molar-refractivity contribution is -0.138. The van der Waals surface area contributed by atoms with Crippen molar-refractivity contribution < 1.29 is 9.90 Å². The van der Waals surface area contributed by atoms with Crippen LogP contribution in [0, 0.1) is 17.2 Å². The summed E-state index contributed by atoms with van der Waals surface area (Å²) < 4.78 is 0. The van der Waals surface area contributed by atoms with Crippen LogP contribution in [0.4, 0.5) is 0 Å². The number of hydrogen-bond acceptors (Lipinski definition) is 2. The van der Waals surface area contributed by atoms with Crippen LogP contribution in [-0.4, -0.2) is 11.1 Å². The van der Waals surface area contributed by atoms with Crippen LogP contribution in [0.5, 0.6) is 0 Å². The number of nitriles is 1. The Bertz CT molecular complexity index is 422. The summed E-state index contributed by atoms with van der Waals surface area (Å²) in [5.74, 6) is -1.07. The zero-order valence-electron chi connectivity index (χ0n) is 10.2. The number of benzene rings is 1. The predicted octanol–water partition coefficient (Wildman–Crippen LogP) is 2.97. The van der Waals surface area contributed by atoms with Gasteiger partial charge in [0.15, 0.2) is 0 Å². The smallest absolute Gasteiger partial charge is 0.303 e. The van der Waals surface area contributed by atoms with Gasteiger partial charge >= 0.3 is 5.97 Å². The molecule has 0 bridgehead atoms. The molecule has 0 aliphatic carbocycles. The van der Waals surface area contributed by atoms with Crippen LogP contribution in [0.3, 0.4) is 0 Å². The van der Waals surface area contributed by atoms with Gasteiger partial charge in [0.25, 0.3) is 0 Å². The highest BCUT2D eigenvalue weighted by atomic mass is 16.4. The fraction of sp³-hybridized carbons (Fsp3) is 0.429. The van der Waals surface area contributed by atoms with Crippen LogP contribution in [0.15, 0.2) is 30.3 Å². The van der Waals surface area contributed by atoms with Crippen molar-refractivity contribution >= 4 is 5.97 Å². The Morgan fingerprint density at radius 1 is 1.47 bits per heavy atom. The van der Waals surface area contributed by atoms with Gasteiger partial charge in [-0.3, -0.25) is 4.79 Å². The Balaban J connectivity index is 3.15. The van der Waals surface area contributed by atoms with Gasteiger partial charge < -0.3 is 5.11 Å². The van der Waals surface area contributed by atoms with Crippen molar-refractivity contribution in [1.29, 1.82) is 5.26 Å². The highest BCUT2D eigenvalue weighted by molar-refractivity contribution is 5.67. The summed E-state index contributed by atoms with van der Waals surface area (Å²) in [6, 6.07) is 11.8. The van der Waals surface area contributed by atoms with Crippen molar-refractivity contribution in [2.45, 2.75) is 32.1 Å². The Hall–Kier alpha value is -1.82. The average Bonchev–Trinajstić information content (AvgIpc) is 2.32. The van der Waals surface area contributed by atoms with E-state index < -0.39 is 11.4 Å². The van der Waals surface area contributed by atoms with E-state index in [4.69, 9.17) is 5.11 Å². The number of carboxylic acid groups (broad SMARTS) is 1. The van der Waals surface area contributed by atoms with Crippen LogP contribution in [0.25, 0.3) is 0 Å². The third-order valence-electron chi connectivity index (χ3n) is 3.37. The lowest BCUT2D eigenvalue weighted by Crippen LogP contribution is -2.33. The molecule has 3 nitrogen and oxygen atoms in total. The molecule has 0 saturated carbocycles. The summed E-state index contributed by atoms with van der Waals surface area (Å²) in [5.41, 5.74) is 0.193. The van der Waals surface area contributed by atoms with E-state index >= 15 is 0 Å². The van der Waals surface area contributed by atoms with E-state index in [1.807, 2.05) is 44.2 Å². The fourth-order valence-electron chi connectivity index (χ4n) is 2.26. The first-order valence-corrected chi connectivity index (χ1v) is 5.75. The fourth-order valence-corrected chi connectivity index (χ4v) is 2.26. The minimum atomic E-state index is -0.860. The van der Waals surface area contributed by atoms with Gasteiger partial charge in [-0.2, -0.15) is 5.26 Å². The van der Waals surface area contributed by atoms with E-state index in [9.17, 15) is 10.1 Å². The highest BCUT2D eigenvalue weighted by Crippen LogP contribution is 2.36. The van der Waals surface area contributed by atoms with Gasteiger partial charge in [-0.15, -0.1) is 0 Å². The average molecular weight is 231 g/mol. The first-order chi connectivity index (χ1) is 8.06. The Kier molecular flexibility index (Phi) is 4.28. The van der Waals surface area contributed by atoms with Crippen molar-refractivity contribution in [2.24, 2.45) is 5.92 Å². The Morgan fingerprint density at radius 2 is 2.06 bits per heavy atom. The second-order valence-corrected chi connectivity index (χ2v) is 4.30. The van der Waals surface area contributed by atoms with Crippen molar-refractivity contribution in [3.05, 3.63) is 35.9 Å². The summed E-state index contributed by atoms with van der Waals surface area (Å²) >= 11 is 0. The SMILES string of the molecule is CCC(C#N)(c1ccccc1)C(C)CC(=O)O. The molecule has 2 unspecified atom stereocenters. The summed E-state index contributed by atoms with van der Waals surface area (Å²) in [6.45, 7) is 3.75. The van der Waals surface area contributed by atoms with Gasteiger partial charge in [0, 0.05) is 6.42 Å². The number of carboxylic acids is 1. The molecule has 0 amide bonds. The first-order valence-electron chi connectivity index (χ1n) is 5.75. The third kappa shape index (κ3) is 2.65. The van der Waals surface area contributed by atoms with Crippen LogP contribution in [-0.2, 0) is 10.2 Å². The molecule has 0 saturated heterocycles. The molecule has 0 spiro atoms.